The molecule has 0 heterocycles. The third kappa shape index (κ3) is 58.6. The molecule has 0 saturated heterocycles. The molecule has 1 atom stereocenters. The zero-order chi connectivity index (χ0) is 52.9. The normalized spacial score (nSPS) is 13.0. The second kappa shape index (κ2) is 60.4. The first-order valence-electron chi connectivity index (χ1n) is 30.0. The van der Waals surface area contributed by atoms with E-state index in [1.54, 1.807) is 0 Å². The summed E-state index contributed by atoms with van der Waals surface area (Å²) in [5.74, 6) is -1.00. The van der Waals surface area contributed by atoms with Crippen LogP contribution >= 0.6 is 0 Å². The van der Waals surface area contributed by atoms with Gasteiger partial charge in [0, 0.05) is 19.3 Å². The summed E-state index contributed by atoms with van der Waals surface area (Å²) in [6.45, 7) is 6.34. The first-order valence-corrected chi connectivity index (χ1v) is 30.0. The summed E-state index contributed by atoms with van der Waals surface area (Å²) in [5, 5.41) is 0. The van der Waals surface area contributed by atoms with Crippen molar-refractivity contribution < 1.29 is 28.6 Å². The highest BCUT2D eigenvalue weighted by molar-refractivity contribution is 5.71. The maximum Gasteiger partial charge on any atom is 0.306 e. The van der Waals surface area contributed by atoms with Crippen molar-refractivity contribution in [2.24, 2.45) is 0 Å². The predicted octanol–water partition coefficient (Wildman–Crippen LogP) is 20.4. The topological polar surface area (TPSA) is 78.9 Å². The Hall–Kier alpha value is -4.19. The molecule has 6 heteroatoms. The lowest BCUT2D eigenvalue weighted by molar-refractivity contribution is -0.166. The minimum Gasteiger partial charge on any atom is -0.462 e. The van der Waals surface area contributed by atoms with E-state index in [9.17, 15) is 14.4 Å². The van der Waals surface area contributed by atoms with E-state index in [1.807, 2.05) is 6.08 Å². The van der Waals surface area contributed by atoms with E-state index in [4.69, 9.17) is 14.2 Å². The molecule has 0 aliphatic rings. The number of ether oxygens (including phenoxy) is 3. The van der Waals surface area contributed by atoms with Gasteiger partial charge in [0.15, 0.2) is 6.10 Å². The Bertz CT molecular complexity index is 1540. The van der Waals surface area contributed by atoms with Gasteiger partial charge >= 0.3 is 17.9 Å². The lowest BCUT2D eigenvalue weighted by atomic mass is 10.1. The highest BCUT2D eigenvalue weighted by Gasteiger charge is 2.19. The van der Waals surface area contributed by atoms with Gasteiger partial charge in [0.25, 0.3) is 0 Å². The average Bonchev–Trinajstić information content (AvgIpc) is 3.39. The van der Waals surface area contributed by atoms with Crippen LogP contribution < -0.4 is 0 Å². The molecule has 0 spiro atoms. The summed E-state index contributed by atoms with van der Waals surface area (Å²) in [6, 6.07) is 0. The van der Waals surface area contributed by atoms with Crippen LogP contribution in [0.15, 0.2) is 122 Å². The van der Waals surface area contributed by atoms with E-state index in [0.29, 0.717) is 19.3 Å². The number of carbonyl (C=O) groups excluding carboxylic acids is 3. The molecule has 6 nitrogen and oxygen atoms in total. The summed E-state index contributed by atoms with van der Waals surface area (Å²) >= 11 is 0. The minimum absolute atomic E-state index is 0.107. The summed E-state index contributed by atoms with van der Waals surface area (Å²) in [4.78, 5) is 38.2. The van der Waals surface area contributed by atoms with Crippen LogP contribution in [0.4, 0.5) is 0 Å². The Morgan fingerprint density at radius 1 is 0.288 bits per heavy atom. The molecular formula is C67H110O6. The number of hydrogen-bond acceptors (Lipinski definition) is 6. The van der Waals surface area contributed by atoms with E-state index in [2.05, 4.69) is 136 Å². The molecule has 0 aromatic rings. The maximum absolute atomic E-state index is 12.9. The molecule has 0 aromatic carbocycles. The first-order chi connectivity index (χ1) is 36.0. The molecule has 0 amide bonds. The molecule has 1 unspecified atom stereocenters. The smallest absolute Gasteiger partial charge is 0.306 e. The highest BCUT2D eigenvalue weighted by Crippen LogP contribution is 2.15. The summed E-state index contributed by atoms with van der Waals surface area (Å²) in [5.41, 5.74) is 0. The molecular weight excluding hydrogens is 901 g/mol. The molecule has 0 bridgehead atoms. The molecule has 0 fully saturated rings. The molecule has 0 saturated carbocycles. The standard InChI is InChI=1S/C67H110O6/c1-4-7-10-13-16-19-22-25-27-29-30-31-32-33-34-35-36-38-39-42-45-48-51-54-57-60-66(69)72-63-64(62-71-65(68)59-56-53-50-47-44-41-24-21-18-15-12-9-6-3)73-67(70)61-58-55-52-49-46-43-40-37-28-26-23-20-17-14-11-8-5-2/h7,9-10,12,16,18-19,21,25-28,30-31,33-34,41,44,50,53,64H,4-6,8,11,13-15,17,20,22-24,29,32,35-40,42-43,45-49,51-52,54-63H2,1-3H3/b10-7-,12-9-,19-16-,21-18-,27-25-,28-26-,31-30-,34-33-,44-41-,53-50-. The van der Waals surface area contributed by atoms with Crippen LogP contribution in [0.3, 0.4) is 0 Å². The predicted molar refractivity (Wildman–Crippen MR) is 316 cm³/mol. The highest BCUT2D eigenvalue weighted by atomic mass is 16.6. The van der Waals surface area contributed by atoms with Crippen LogP contribution in [0.1, 0.15) is 265 Å². The van der Waals surface area contributed by atoms with Crippen molar-refractivity contribution in [3.63, 3.8) is 0 Å². The van der Waals surface area contributed by atoms with Crippen LogP contribution in [-0.2, 0) is 28.6 Å². The van der Waals surface area contributed by atoms with Crippen LogP contribution in [0.5, 0.6) is 0 Å². The lowest BCUT2D eigenvalue weighted by Crippen LogP contribution is -2.30. The summed E-state index contributed by atoms with van der Waals surface area (Å²) in [7, 11) is 0. The monoisotopic (exact) mass is 1010 g/mol. The maximum atomic E-state index is 12.9. The van der Waals surface area contributed by atoms with Crippen LogP contribution in [-0.4, -0.2) is 37.2 Å². The SMILES string of the molecule is CC/C=C\C/C=C\C/C=C\C/C=C\C/C=C\CCCCCCCCCCCC(=O)OCC(COC(=O)CC/C=C\C/C=C\C/C=C\C/C=C\CC)OC(=O)CCCCCCCCC/C=C\CCCCCCCC. The van der Waals surface area contributed by atoms with E-state index >= 15 is 0 Å². The summed E-state index contributed by atoms with van der Waals surface area (Å²) in [6.07, 6.45) is 83.5. The Balaban J connectivity index is 4.40. The Labute approximate surface area is 450 Å². The fraction of sp³-hybridized carbons (Fsp3) is 0.657. The molecule has 0 aliphatic carbocycles. The van der Waals surface area contributed by atoms with Crippen LogP contribution in [0.2, 0.25) is 0 Å². The van der Waals surface area contributed by atoms with Crippen molar-refractivity contribution in [3.8, 4) is 0 Å². The zero-order valence-electron chi connectivity index (χ0n) is 47.4. The molecule has 0 rings (SSSR count). The molecule has 0 aromatic heterocycles. The van der Waals surface area contributed by atoms with Gasteiger partial charge in [-0.2, -0.15) is 0 Å². The lowest BCUT2D eigenvalue weighted by Gasteiger charge is -2.18. The van der Waals surface area contributed by atoms with Gasteiger partial charge in [-0.1, -0.05) is 251 Å². The molecule has 0 radical (unpaired) electrons. The van der Waals surface area contributed by atoms with Crippen LogP contribution in [0.25, 0.3) is 0 Å². The second-order valence-corrected chi connectivity index (χ2v) is 19.5. The van der Waals surface area contributed by atoms with Gasteiger partial charge < -0.3 is 14.2 Å². The van der Waals surface area contributed by atoms with Gasteiger partial charge in [0.1, 0.15) is 13.2 Å². The largest absolute Gasteiger partial charge is 0.462 e. The van der Waals surface area contributed by atoms with Gasteiger partial charge in [0.05, 0.1) is 0 Å². The van der Waals surface area contributed by atoms with Crippen LogP contribution in [0, 0.1) is 0 Å². The van der Waals surface area contributed by atoms with E-state index < -0.39 is 6.10 Å². The van der Waals surface area contributed by atoms with Crippen molar-refractivity contribution in [2.45, 2.75) is 271 Å². The Morgan fingerprint density at radius 3 is 0.932 bits per heavy atom. The van der Waals surface area contributed by atoms with Gasteiger partial charge in [-0.05, 0) is 116 Å². The minimum atomic E-state index is -0.815. The number of hydrogen-bond donors (Lipinski definition) is 0. The number of esters is 3. The molecule has 0 N–H and O–H groups in total. The van der Waals surface area contributed by atoms with Crippen molar-refractivity contribution in [3.05, 3.63) is 122 Å². The number of rotatable bonds is 53. The molecule has 73 heavy (non-hydrogen) atoms. The van der Waals surface area contributed by atoms with Crippen molar-refractivity contribution in [1.82, 2.24) is 0 Å². The van der Waals surface area contributed by atoms with E-state index in [-0.39, 0.29) is 37.5 Å². The molecule has 414 valence electrons. The Kier molecular flexibility index (Phi) is 56.9. The van der Waals surface area contributed by atoms with Gasteiger partial charge in [-0.3, -0.25) is 14.4 Å². The first kappa shape index (κ1) is 68.8. The fourth-order valence-corrected chi connectivity index (χ4v) is 8.01. The third-order valence-corrected chi connectivity index (χ3v) is 12.4. The van der Waals surface area contributed by atoms with Gasteiger partial charge in [0.2, 0.25) is 0 Å². The summed E-state index contributed by atoms with van der Waals surface area (Å²) < 4.78 is 16.8. The van der Waals surface area contributed by atoms with Gasteiger partial charge in [-0.25, -0.2) is 0 Å². The number of unbranched alkanes of at least 4 members (excludes halogenated alkanes) is 22. The van der Waals surface area contributed by atoms with Gasteiger partial charge in [-0.15, -0.1) is 0 Å². The van der Waals surface area contributed by atoms with E-state index in [1.165, 1.54) is 116 Å². The average molecular weight is 1010 g/mol. The van der Waals surface area contributed by atoms with E-state index in [0.717, 1.165) is 103 Å². The quantitative estimate of drug-likeness (QED) is 0.0261. The van der Waals surface area contributed by atoms with Crippen molar-refractivity contribution in [1.29, 1.82) is 0 Å². The second-order valence-electron chi connectivity index (χ2n) is 19.5. The third-order valence-electron chi connectivity index (χ3n) is 12.4. The van der Waals surface area contributed by atoms with Crippen molar-refractivity contribution in [2.75, 3.05) is 13.2 Å². The number of allylic oxidation sites excluding steroid dienone is 20. The fourth-order valence-electron chi connectivity index (χ4n) is 8.01. The number of carbonyl (C=O) groups is 3. The zero-order valence-corrected chi connectivity index (χ0v) is 47.4. The van der Waals surface area contributed by atoms with Crippen molar-refractivity contribution >= 4 is 17.9 Å². The Morgan fingerprint density at radius 2 is 0.562 bits per heavy atom. The molecule has 0 aliphatic heterocycles.